The van der Waals surface area contributed by atoms with Crippen LogP contribution in [0.25, 0.3) is 0 Å². The first-order valence-electron chi connectivity index (χ1n) is 11.0. The summed E-state index contributed by atoms with van der Waals surface area (Å²) in [6.45, 7) is 6.54. The maximum absolute atomic E-state index is 12.3. The van der Waals surface area contributed by atoms with E-state index in [0.717, 1.165) is 44.0 Å². The highest BCUT2D eigenvalue weighted by molar-refractivity contribution is 5.92. The van der Waals surface area contributed by atoms with Gasteiger partial charge in [0.2, 0.25) is 5.91 Å². The van der Waals surface area contributed by atoms with Crippen LogP contribution in [0.3, 0.4) is 0 Å². The topological polar surface area (TPSA) is 74.3 Å². The van der Waals surface area contributed by atoms with Crippen LogP contribution in [0.1, 0.15) is 12.5 Å². The number of ether oxygens (including phenoxy) is 2. The minimum absolute atomic E-state index is 0.00227. The van der Waals surface area contributed by atoms with Crippen LogP contribution in [0.5, 0.6) is 11.5 Å². The third kappa shape index (κ3) is 5.76. The van der Waals surface area contributed by atoms with E-state index >= 15 is 0 Å². The predicted octanol–water partition coefficient (Wildman–Crippen LogP) is 2.01. The summed E-state index contributed by atoms with van der Waals surface area (Å²) >= 11 is 0. The molecule has 2 aromatic rings. The number of hydrogen-bond acceptors (Lipinski definition) is 6. The Morgan fingerprint density at radius 2 is 1.84 bits per heavy atom. The van der Waals surface area contributed by atoms with Crippen molar-refractivity contribution in [2.24, 2.45) is 0 Å². The number of piperazine rings is 1. The number of aryl methyl sites for hydroxylation is 1. The lowest BCUT2D eigenvalue weighted by molar-refractivity contribution is -0.117. The number of nitrogens with zero attached hydrogens (tertiary/aromatic N) is 2. The summed E-state index contributed by atoms with van der Waals surface area (Å²) in [5.41, 5.74) is 2.00. The Labute approximate surface area is 183 Å². The number of fused-ring (bicyclic) bond motifs is 1. The van der Waals surface area contributed by atoms with E-state index in [0.29, 0.717) is 25.4 Å². The van der Waals surface area contributed by atoms with E-state index in [1.165, 1.54) is 5.56 Å². The molecule has 0 saturated carbocycles. The average Bonchev–Trinajstić information content (AvgIpc) is 2.80. The van der Waals surface area contributed by atoms with Gasteiger partial charge in [0, 0.05) is 38.4 Å². The van der Waals surface area contributed by atoms with Crippen LogP contribution in [0.4, 0.5) is 5.69 Å². The van der Waals surface area contributed by atoms with Crippen LogP contribution in [0.15, 0.2) is 48.5 Å². The molecule has 2 N–H and O–H groups in total. The van der Waals surface area contributed by atoms with Gasteiger partial charge in [0.15, 0.2) is 17.6 Å². The van der Waals surface area contributed by atoms with Gasteiger partial charge in [-0.2, -0.15) is 0 Å². The van der Waals surface area contributed by atoms with Crippen molar-refractivity contribution in [3.63, 3.8) is 0 Å². The molecule has 1 saturated heterocycles. The van der Waals surface area contributed by atoms with Gasteiger partial charge in [-0.3, -0.25) is 14.6 Å². The first-order chi connectivity index (χ1) is 15.1. The summed E-state index contributed by atoms with van der Waals surface area (Å²) in [4.78, 5) is 16.6. The highest BCUT2D eigenvalue weighted by Gasteiger charge is 2.30. The lowest BCUT2D eigenvalue weighted by Crippen LogP contribution is -2.53. The number of aliphatic hydroxyl groups is 1. The third-order valence-corrected chi connectivity index (χ3v) is 5.86. The summed E-state index contributed by atoms with van der Waals surface area (Å²) < 4.78 is 11.8. The number of para-hydroxylation sites is 1. The summed E-state index contributed by atoms with van der Waals surface area (Å²) in [7, 11) is 0. The molecule has 7 nitrogen and oxygen atoms in total. The van der Waals surface area contributed by atoms with Gasteiger partial charge in [0.05, 0.1) is 6.54 Å². The molecular weight excluding hydrogens is 394 g/mol. The van der Waals surface area contributed by atoms with Gasteiger partial charge in [-0.25, -0.2) is 0 Å². The van der Waals surface area contributed by atoms with Gasteiger partial charge in [-0.05, 0) is 36.2 Å². The van der Waals surface area contributed by atoms with Crippen molar-refractivity contribution in [3.8, 4) is 11.5 Å². The highest BCUT2D eigenvalue weighted by Crippen LogP contribution is 2.33. The molecule has 2 aliphatic rings. The normalized spacial score (nSPS) is 20.3. The minimum atomic E-state index is -0.633. The van der Waals surface area contributed by atoms with E-state index in [1.807, 2.05) is 48.5 Å². The van der Waals surface area contributed by atoms with Crippen molar-refractivity contribution >= 4 is 11.6 Å². The molecule has 2 heterocycles. The number of β-amino-alcohol motifs (C(OH)–C–C–N with tert-alkyl or cyclic N) is 1. The van der Waals surface area contributed by atoms with E-state index in [1.54, 1.807) is 0 Å². The minimum Gasteiger partial charge on any atom is -0.486 e. The van der Waals surface area contributed by atoms with Crippen molar-refractivity contribution < 1.29 is 19.4 Å². The standard InChI is InChI=1S/C24H31N3O4/c1-2-18-8-9-21-22(14-18)31-23(17-30-21)20(28)15-26-10-12-27(13-11-26)16-24(29)25-19-6-4-3-5-7-19/h3-9,14,20,23,28H,2,10-13,15-17H2,1H3,(H,25,29). The summed E-state index contributed by atoms with van der Waals surface area (Å²) in [6, 6.07) is 15.5. The van der Waals surface area contributed by atoms with E-state index in [-0.39, 0.29) is 12.0 Å². The first kappa shape index (κ1) is 21.6. The molecule has 7 heteroatoms. The van der Waals surface area contributed by atoms with Crippen molar-refractivity contribution in [2.75, 3.05) is 51.2 Å². The fourth-order valence-corrected chi connectivity index (χ4v) is 3.98. The molecule has 0 aromatic heterocycles. The van der Waals surface area contributed by atoms with Crippen LogP contribution in [-0.2, 0) is 11.2 Å². The van der Waals surface area contributed by atoms with Crippen LogP contribution < -0.4 is 14.8 Å². The number of anilines is 1. The van der Waals surface area contributed by atoms with E-state index in [9.17, 15) is 9.90 Å². The van der Waals surface area contributed by atoms with Crippen LogP contribution >= 0.6 is 0 Å². The molecule has 2 atom stereocenters. The molecule has 31 heavy (non-hydrogen) atoms. The van der Waals surface area contributed by atoms with Crippen LogP contribution in [0, 0.1) is 0 Å². The number of benzene rings is 2. The summed E-state index contributed by atoms with van der Waals surface area (Å²) in [6.07, 6.45) is -0.0852. The van der Waals surface area contributed by atoms with E-state index < -0.39 is 6.10 Å². The summed E-state index contributed by atoms with van der Waals surface area (Å²) in [5.74, 6) is 1.45. The quantitative estimate of drug-likeness (QED) is 0.707. The van der Waals surface area contributed by atoms with Gasteiger partial charge < -0.3 is 19.9 Å². The van der Waals surface area contributed by atoms with Crippen molar-refractivity contribution in [3.05, 3.63) is 54.1 Å². The van der Waals surface area contributed by atoms with Gasteiger partial charge in [-0.15, -0.1) is 0 Å². The number of rotatable bonds is 7. The number of carbonyl (C=O) groups excluding carboxylic acids is 1. The van der Waals surface area contributed by atoms with Crippen molar-refractivity contribution in [1.82, 2.24) is 9.80 Å². The van der Waals surface area contributed by atoms with Crippen molar-refractivity contribution in [1.29, 1.82) is 0 Å². The highest BCUT2D eigenvalue weighted by atomic mass is 16.6. The lowest BCUT2D eigenvalue weighted by atomic mass is 10.1. The Balaban J connectivity index is 1.21. The van der Waals surface area contributed by atoms with Crippen molar-refractivity contribution in [2.45, 2.75) is 25.6 Å². The van der Waals surface area contributed by atoms with Gasteiger partial charge in [0.25, 0.3) is 0 Å². The third-order valence-electron chi connectivity index (χ3n) is 5.86. The number of hydrogen-bond donors (Lipinski definition) is 2. The number of aliphatic hydroxyl groups excluding tert-OH is 1. The second-order valence-electron chi connectivity index (χ2n) is 8.16. The molecule has 0 aliphatic carbocycles. The van der Waals surface area contributed by atoms with Gasteiger partial charge in [-0.1, -0.05) is 31.2 Å². The molecule has 0 radical (unpaired) electrons. The molecule has 1 amide bonds. The molecule has 2 unspecified atom stereocenters. The molecule has 166 valence electrons. The summed E-state index contributed by atoms with van der Waals surface area (Å²) in [5, 5.41) is 13.7. The molecule has 0 bridgehead atoms. The maximum Gasteiger partial charge on any atom is 0.238 e. The number of amides is 1. The van der Waals surface area contributed by atoms with Gasteiger partial charge >= 0.3 is 0 Å². The second-order valence-corrected chi connectivity index (χ2v) is 8.16. The van der Waals surface area contributed by atoms with Gasteiger partial charge in [0.1, 0.15) is 12.7 Å². The Morgan fingerprint density at radius 1 is 1.10 bits per heavy atom. The zero-order valence-corrected chi connectivity index (χ0v) is 18.0. The molecule has 4 rings (SSSR count). The molecular formula is C24H31N3O4. The predicted molar refractivity (Wildman–Crippen MR) is 120 cm³/mol. The molecule has 0 spiro atoms. The second kappa shape index (κ2) is 10.1. The van der Waals surface area contributed by atoms with Crippen LogP contribution in [-0.4, -0.2) is 78.9 Å². The van der Waals surface area contributed by atoms with E-state index in [2.05, 4.69) is 22.0 Å². The Bertz CT molecular complexity index is 868. The monoisotopic (exact) mass is 425 g/mol. The SMILES string of the molecule is CCc1ccc2c(c1)OC(C(O)CN1CCN(CC(=O)Nc3ccccc3)CC1)CO2. The maximum atomic E-state index is 12.3. The molecule has 2 aliphatic heterocycles. The molecule has 2 aromatic carbocycles. The Hall–Kier alpha value is -2.61. The lowest BCUT2D eigenvalue weighted by Gasteiger charge is -2.37. The average molecular weight is 426 g/mol. The zero-order valence-electron chi connectivity index (χ0n) is 18.0. The number of carbonyl (C=O) groups is 1. The smallest absolute Gasteiger partial charge is 0.238 e. The molecule has 1 fully saturated rings. The van der Waals surface area contributed by atoms with E-state index in [4.69, 9.17) is 9.47 Å². The fraction of sp³-hybridized carbons (Fsp3) is 0.458. The zero-order chi connectivity index (χ0) is 21.6. The fourth-order valence-electron chi connectivity index (χ4n) is 3.98. The first-order valence-corrected chi connectivity index (χ1v) is 11.0. The largest absolute Gasteiger partial charge is 0.486 e. The number of nitrogens with one attached hydrogen (secondary N) is 1. The Morgan fingerprint density at radius 3 is 2.58 bits per heavy atom. The van der Waals surface area contributed by atoms with Crippen LogP contribution in [0.2, 0.25) is 0 Å². The Kier molecular flexibility index (Phi) is 7.06.